The summed E-state index contributed by atoms with van der Waals surface area (Å²) in [5.41, 5.74) is 2.43. The molecule has 1 atom stereocenters. The van der Waals surface area contributed by atoms with Crippen LogP contribution in [0.2, 0.25) is 5.02 Å². The first-order valence-corrected chi connectivity index (χ1v) is 10.1. The number of benzene rings is 2. The van der Waals surface area contributed by atoms with Crippen molar-refractivity contribution in [2.45, 2.75) is 26.2 Å². The normalized spacial score (nSPS) is 16.2. The summed E-state index contributed by atoms with van der Waals surface area (Å²) in [5.74, 6) is 1.90. The highest BCUT2D eigenvalue weighted by molar-refractivity contribution is 6.34. The number of hydrogen-bond acceptors (Lipinski definition) is 6. The second kappa shape index (κ2) is 8.36. The Labute approximate surface area is 179 Å². The Kier molecular flexibility index (Phi) is 5.63. The molecular weight excluding hydrogens is 406 g/mol. The van der Waals surface area contributed by atoms with E-state index in [0.717, 1.165) is 16.8 Å². The van der Waals surface area contributed by atoms with Crippen LogP contribution in [0.4, 0.5) is 5.69 Å². The third kappa shape index (κ3) is 3.73. The first kappa shape index (κ1) is 20.2. The van der Waals surface area contributed by atoms with E-state index in [2.05, 4.69) is 10.1 Å². The number of anilines is 1. The maximum Gasteiger partial charge on any atom is 0.232 e. The molecule has 1 aromatic heterocycles. The summed E-state index contributed by atoms with van der Waals surface area (Å²) < 4.78 is 16.4. The van der Waals surface area contributed by atoms with Crippen molar-refractivity contribution >= 4 is 23.2 Å². The minimum atomic E-state index is -0.195. The van der Waals surface area contributed by atoms with Crippen LogP contribution in [-0.2, 0) is 4.79 Å². The predicted molar refractivity (Wildman–Crippen MR) is 113 cm³/mol. The van der Waals surface area contributed by atoms with Crippen molar-refractivity contribution in [1.29, 1.82) is 0 Å². The van der Waals surface area contributed by atoms with E-state index in [1.165, 1.54) is 0 Å². The topological polar surface area (TPSA) is 77.7 Å². The van der Waals surface area contributed by atoms with Crippen molar-refractivity contribution in [1.82, 2.24) is 10.1 Å². The Morgan fingerprint density at radius 2 is 2.10 bits per heavy atom. The van der Waals surface area contributed by atoms with Crippen LogP contribution >= 0.6 is 11.6 Å². The monoisotopic (exact) mass is 427 g/mol. The quantitative estimate of drug-likeness (QED) is 0.571. The van der Waals surface area contributed by atoms with Crippen LogP contribution < -0.4 is 14.4 Å². The van der Waals surface area contributed by atoms with Gasteiger partial charge in [0, 0.05) is 18.5 Å². The number of methoxy groups -OCH3 is 1. The molecule has 1 saturated heterocycles. The number of carbonyl (C=O) groups is 1. The van der Waals surface area contributed by atoms with Crippen LogP contribution in [0, 0.1) is 6.92 Å². The fourth-order valence-electron chi connectivity index (χ4n) is 3.65. The number of halogens is 1. The molecular formula is C22H22ClN3O4. The molecule has 8 heteroatoms. The number of para-hydroxylation sites is 1. The number of aromatic nitrogens is 2. The number of ether oxygens (including phenoxy) is 2. The molecule has 1 aliphatic heterocycles. The van der Waals surface area contributed by atoms with Crippen LogP contribution in [0.3, 0.4) is 0 Å². The van der Waals surface area contributed by atoms with Crippen molar-refractivity contribution < 1.29 is 18.8 Å². The van der Waals surface area contributed by atoms with Crippen molar-refractivity contribution in [2.24, 2.45) is 0 Å². The zero-order valence-corrected chi connectivity index (χ0v) is 17.8. The number of carbonyl (C=O) groups excluding carboxylic acids is 1. The molecule has 0 aliphatic carbocycles. The molecule has 0 bridgehead atoms. The SMILES string of the molecule is CCOc1ccc(-c2noc(C3CC(=O)N(c4c(C)cccc4Cl)C3)n2)cc1OC. The molecule has 7 nitrogen and oxygen atoms in total. The van der Waals surface area contributed by atoms with Gasteiger partial charge in [0.05, 0.1) is 30.3 Å². The van der Waals surface area contributed by atoms with E-state index in [0.29, 0.717) is 47.8 Å². The van der Waals surface area contributed by atoms with Crippen molar-refractivity contribution in [3.05, 3.63) is 52.9 Å². The standard InChI is InChI=1S/C22H22ClN3O4/c1-4-29-17-9-8-14(10-18(17)28-3)21-24-22(30-25-21)15-11-19(27)26(12-15)20-13(2)6-5-7-16(20)23/h5-10,15H,4,11-12H2,1-3H3. The minimum absolute atomic E-state index is 0.0151. The van der Waals surface area contributed by atoms with Crippen LogP contribution in [0.15, 0.2) is 40.9 Å². The van der Waals surface area contributed by atoms with Crippen molar-refractivity contribution in [3.63, 3.8) is 0 Å². The average molecular weight is 428 g/mol. The van der Waals surface area contributed by atoms with Gasteiger partial charge in [-0.2, -0.15) is 4.98 Å². The van der Waals surface area contributed by atoms with Gasteiger partial charge in [0.15, 0.2) is 11.5 Å². The van der Waals surface area contributed by atoms with Gasteiger partial charge in [-0.15, -0.1) is 0 Å². The zero-order chi connectivity index (χ0) is 21.3. The molecule has 0 N–H and O–H groups in total. The maximum atomic E-state index is 12.7. The fraction of sp³-hybridized carbons (Fsp3) is 0.318. The Balaban J connectivity index is 1.57. The first-order valence-electron chi connectivity index (χ1n) is 9.72. The van der Waals surface area contributed by atoms with Gasteiger partial charge in [-0.3, -0.25) is 4.79 Å². The molecule has 3 aromatic rings. The number of amides is 1. The van der Waals surface area contributed by atoms with Gasteiger partial charge in [0.25, 0.3) is 0 Å². The van der Waals surface area contributed by atoms with E-state index in [4.69, 9.17) is 25.6 Å². The van der Waals surface area contributed by atoms with Gasteiger partial charge in [-0.25, -0.2) is 0 Å². The highest BCUT2D eigenvalue weighted by atomic mass is 35.5. The molecule has 1 amide bonds. The lowest BCUT2D eigenvalue weighted by Crippen LogP contribution is -2.25. The van der Waals surface area contributed by atoms with Crippen LogP contribution in [0.1, 0.15) is 30.7 Å². The summed E-state index contributed by atoms with van der Waals surface area (Å²) in [5, 5.41) is 4.65. The highest BCUT2D eigenvalue weighted by Gasteiger charge is 2.36. The lowest BCUT2D eigenvalue weighted by molar-refractivity contribution is -0.117. The lowest BCUT2D eigenvalue weighted by Gasteiger charge is -2.20. The van der Waals surface area contributed by atoms with E-state index < -0.39 is 0 Å². The summed E-state index contributed by atoms with van der Waals surface area (Å²) in [6, 6.07) is 11.1. The number of aryl methyl sites for hydroxylation is 1. The zero-order valence-electron chi connectivity index (χ0n) is 17.0. The second-order valence-electron chi connectivity index (χ2n) is 7.07. The van der Waals surface area contributed by atoms with Gasteiger partial charge in [0.2, 0.25) is 17.6 Å². The molecule has 2 aromatic carbocycles. The Morgan fingerprint density at radius 1 is 1.27 bits per heavy atom. The van der Waals surface area contributed by atoms with Crippen LogP contribution in [-0.4, -0.2) is 36.3 Å². The Hall–Kier alpha value is -3.06. The van der Waals surface area contributed by atoms with Gasteiger partial charge in [-0.1, -0.05) is 28.9 Å². The molecule has 30 heavy (non-hydrogen) atoms. The average Bonchev–Trinajstić information content (AvgIpc) is 3.36. The van der Waals surface area contributed by atoms with Crippen molar-refractivity contribution in [3.8, 4) is 22.9 Å². The van der Waals surface area contributed by atoms with Crippen molar-refractivity contribution in [2.75, 3.05) is 25.2 Å². The first-order chi connectivity index (χ1) is 14.5. The summed E-state index contributed by atoms with van der Waals surface area (Å²) in [6.45, 7) is 4.83. The fourth-order valence-corrected chi connectivity index (χ4v) is 3.98. The van der Waals surface area contributed by atoms with E-state index in [1.54, 1.807) is 24.1 Å². The molecule has 2 heterocycles. The van der Waals surface area contributed by atoms with Gasteiger partial charge >= 0.3 is 0 Å². The number of rotatable bonds is 6. The molecule has 1 fully saturated rings. The summed E-state index contributed by atoms with van der Waals surface area (Å²) in [4.78, 5) is 18.9. The smallest absolute Gasteiger partial charge is 0.232 e. The predicted octanol–water partition coefficient (Wildman–Crippen LogP) is 4.63. The molecule has 1 aliphatic rings. The minimum Gasteiger partial charge on any atom is -0.493 e. The van der Waals surface area contributed by atoms with E-state index in [1.807, 2.05) is 38.1 Å². The highest BCUT2D eigenvalue weighted by Crippen LogP contribution is 2.37. The van der Waals surface area contributed by atoms with Gasteiger partial charge < -0.3 is 18.9 Å². The molecule has 1 unspecified atom stereocenters. The van der Waals surface area contributed by atoms with Crippen LogP contribution in [0.5, 0.6) is 11.5 Å². The summed E-state index contributed by atoms with van der Waals surface area (Å²) >= 11 is 6.35. The van der Waals surface area contributed by atoms with E-state index in [9.17, 15) is 4.79 Å². The van der Waals surface area contributed by atoms with Gasteiger partial charge in [0.1, 0.15) is 0 Å². The molecule has 4 rings (SSSR count). The molecule has 0 saturated carbocycles. The maximum absolute atomic E-state index is 12.7. The lowest BCUT2D eigenvalue weighted by atomic mass is 10.1. The third-order valence-electron chi connectivity index (χ3n) is 5.10. The Morgan fingerprint density at radius 3 is 2.83 bits per heavy atom. The van der Waals surface area contributed by atoms with E-state index >= 15 is 0 Å². The number of nitrogens with zero attached hydrogens (tertiary/aromatic N) is 3. The van der Waals surface area contributed by atoms with Crippen LogP contribution in [0.25, 0.3) is 11.4 Å². The summed E-state index contributed by atoms with van der Waals surface area (Å²) in [6.07, 6.45) is 0.291. The second-order valence-corrected chi connectivity index (χ2v) is 7.47. The third-order valence-corrected chi connectivity index (χ3v) is 5.40. The molecule has 0 radical (unpaired) electrons. The molecule has 156 valence electrons. The van der Waals surface area contributed by atoms with Gasteiger partial charge in [-0.05, 0) is 43.7 Å². The summed E-state index contributed by atoms with van der Waals surface area (Å²) in [7, 11) is 1.58. The van der Waals surface area contributed by atoms with E-state index in [-0.39, 0.29) is 11.8 Å². The molecule has 0 spiro atoms. The Bertz CT molecular complexity index is 1060. The number of hydrogen-bond donors (Lipinski definition) is 0. The largest absolute Gasteiger partial charge is 0.493 e.